The van der Waals surface area contributed by atoms with E-state index in [4.69, 9.17) is 10.2 Å². The van der Waals surface area contributed by atoms with Gasteiger partial charge in [-0.25, -0.2) is 0 Å². The monoisotopic (exact) mass is 243 g/mol. The van der Waals surface area contributed by atoms with Gasteiger partial charge in [0.1, 0.15) is 0 Å². The lowest BCUT2D eigenvalue weighted by atomic mass is 9.78. The van der Waals surface area contributed by atoms with Crippen LogP contribution in [0, 0.1) is 5.92 Å². The van der Waals surface area contributed by atoms with E-state index in [1.54, 1.807) is 0 Å². The van der Waals surface area contributed by atoms with E-state index in [1.165, 1.54) is 0 Å². The third-order valence-corrected chi connectivity index (χ3v) is 4.10. The van der Waals surface area contributed by atoms with Crippen molar-refractivity contribution in [2.45, 2.75) is 56.3 Å². The predicted octanol–water partition coefficient (Wildman–Crippen LogP) is 0.105. The summed E-state index contributed by atoms with van der Waals surface area (Å²) in [4.78, 5) is 10.8. The van der Waals surface area contributed by atoms with Gasteiger partial charge in [0.25, 0.3) is 0 Å². The van der Waals surface area contributed by atoms with E-state index < -0.39 is 11.6 Å². The molecular weight excluding hydrogens is 222 g/mol. The SMILES string of the molecule is O=C(O)C1CCC(O)(CNC2CC(O)C2)CC1. The number of carboxylic acid groups (broad SMARTS) is 1. The Labute approximate surface area is 101 Å². The Morgan fingerprint density at radius 2 is 1.88 bits per heavy atom. The van der Waals surface area contributed by atoms with Crippen LogP contribution in [0.5, 0.6) is 0 Å². The van der Waals surface area contributed by atoms with Crippen LogP contribution in [-0.4, -0.2) is 45.6 Å². The fourth-order valence-electron chi connectivity index (χ4n) is 2.67. The van der Waals surface area contributed by atoms with Gasteiger partial charge in [-0.3, -0.25) is 4.79 Å². The molecule has 0 aliphatic heterocycles. The molecule has 2 aliphatic carbocycles. The van der Waals surface area contributed by atoms with Crippen molar-refractivity contribution in [1.29, 1.82) is 0 Å². The highest BCUT2D eigenvalue weighted by Gasteiger charge is 2.37. The van der Waals surface area contributed by atoms with E-state index >= 15 is 0 Å². The van der Waals surface area contributed by atoms with Crippen LogP contribution in [0.4, 0.5) is 0 Å². The van der Waals surface area contributed by atoms with Crippen LogP contribution in [0.2, 0.25) is 0 Å². The van der Waals surface area contributed by atoms with Gasteiger partial charge < -0.3 is 20.6 Å². The molecule has 0 aromatic carbocycles. The van der Waals surface area contributed by atoms with E-state index in [2.05, 4.69) is 5.32 Å². The highest BCUT2D eigenvalue weighted by molar-refractivity contribution is 5.70. The molecule has 0 spiro atoms. The van der Waals surface area contributed by atoms with Crippen LogP contribution in [0.3, 0.4) is 0 Å². The Bertz CT molecular complexity index is 280. The number of carbonyl (C=O) groups is 1. The number of aliphatic hydroxyl groups excluding tert-OH is 1. The quantitative estimate of drug-likeness (QED) is 0.562. The Morgan fingerprint density at radius 1 is 1.29 bits per heavy atom. The number of hydrogen-bond donors (Lipinski definition) is 4. The standard InChI is InChI=1S/C12H21NO4/c14-10-5-9(6-10)13-7-12(17)3-1-8(2-4-12)11(15)16/h8-10,13-14,17H,1-7H2,(H,15,16). The molecule has 2 fully saturated rings. The second-order valence-electron chi connectivity index (χ2n) is 5.54. The van der Waals surface area contributed by atoms with Crippen molar-refractivity contribution in [3.8, 4) is 0 Å². The molecule has 0 amide bonds. The number of nitrogens with one attached hydrogen (secondary N) is 1. The minimum atomic E-state index is -0.757. The van der Waals surface area contributed by atoms with Gasteiger partial charge >= 0.3 is 5.97 Å². The summed E-state index contributed by atoms with van der Waals surface area (Å²) < 4.78 is 0. The van der Waals surface area contributed by atoms with Crippen LogP contribution in [0.1, 0.15) is 38.5 Å². The smallest absolute Gasteiger partial charge is 0.306 e. The lowest BCUT2D eigenvalue weighted by Gasteiger charge is -2.39. The molecule has 5 heteroatoms. The summed E-state index contributed by atoms with van der Waals surface area (Å²) in [6.45, 7) is 0.511. The van der Waals surface area contributed by atoms with Crippen molar-refractivity contribution >= 4 is 5.97 Å². The van der Waals surface area contributed by atoms with Gasteiger partial charge in [-0.05, 0) is 38.5 Å². The molecule has 0 radical (unpaired) electrons. The average molecular weight is 243 g/mol. The Kier molecular flexibility index (Phi) is 3.70. The molecule has 0 unspecified atom stereocenters. The first kappa shape index (κ1) is 12.8. The number of aliphatic hydroxyl groups is 2. The van der Waals surface area contributed by atoms with Gasteiger partial charge in [-0.15, -0.1) is 0 Å². The minimum Gasteiger partial charge on any atom is -0.481 e. The molecule has 0 heterocycles. The molecule has 2 aliphatic rings. The van der Waals surface area contributed by atoms with Crippen molar-refractivity contribution in [3.05, 3.63) is 0 Å². The number of carboxylic acids is 1. The Hall–Kier alpha value is -0.650. The zero-order chi connectivity index (χ0) is 12.5. The molecule has 0 aromatic rings. The molecule has 0 atom stereocenters. The Morgan fingerprint density at radius 3 is 2.35 bits per heavy atom. The van der Waals surface area contributed by atoms with Crippen LogP contribution in [0.15, 0.2) is 0 Å². The van der Waals surface area contributed by atoms with E-state index in [0.29, 0.717) is 38.3 Å². The van der Waals surface area contributed by atoms with Crippen LogP contribution < -0.4 is 5.32 Å². The van der Waals surface area contributed by atoms with Gasteiger partial charge in [0.2, 0.25) is 0 Å². The molecule has 98 valence electrons. The average Bonchev–Trinajstić information content (AvgIpc) is 2.23. The molecule has 5 nitrogen and oxygen atoms in total. The first-order valence-electron chi connectivity index (χ1n) is 6.35. The van der Waals surface area contributed by atoms with Crippen molar-refractivity contribution in [2.75, 3.05) is 6.54 Å². The maximum atomic E-state index is 10.8. The summed E-state index contributed by atoms with van der Waals surface area (Å²) in [5.74, 6) is -1.04. The number of aliphatic carboxylic acids is 1. The molecule has 0 bridgehead atoms. The van der Waals surface area contributed by atoms with Crippen molar-refractivity contribution < 1.29 is 20.1 Å². The van der Waals surface area contributed by atoms with Crippen LogP contribution in [-0.2, 0) is 4.79 Å². The molecular formula is C12H21NO4. The highest BCUT2D eigenvalue weighted by Crippen LogP contribution is 2.32. The third kappa shape index (κ3) is 3.18. The van der Waals surface area contributed by atoms with Gasteiger partial charge in [0.15, 0.2) is 0 Å². The first-order valence-corrected chi connectivity index (χ1v) is 6.35. The lowest BCUT2D eigenvalue weighted by Crippen LogP contribution is -2.51. The molecule has 2 rings (SSSR count). The zero-order valence-corrected chi connectivity index (χ0v) is 9.93. The van der Waals surface area contributed by atoms with Crippen LogP contribution >= 0.6 is 0 Å². The summed E-state index contributed by atoms with van der Waals surface area (Å²) in [5.41, 5.74) is -0.757. The van der Waals surface area contributed by atoms with E-state index in [-0.39, 0.29) is 12.0 Å². The van der Waals surface area contributed by atoms with E-state index in [9.17, 15) is 9.90 Å². The molecule has 17 heavy (non-hydrogen) atoms. The highest BCUT2D eigenvalue weighted by atomic mass is 16.4. The third-order valence-electron chi connectivity index (χ3n) is 4.10. The van der Waals surface area contributed by atoms with E-state index in [0.717, 1.165) is 12.8 Å². The van der Waals surface area contributed by atoms with Crippen molar-refractivity contribution in [2.24, 2.45) is 5.92 Å². The molecule has 0 aromatic heterocycles. The van der Waals surface area contributed by atoms with Gasteiger partial charge in [-0.2, -0.15) is 0 Å². The topological polar surface area (TPSA) is 89.8 Å². The Balaban J connectivity index is 1.71. The van der Waals surface area contributed by atoms with Gasteiger partial charge in [0, 0.05) is 12.6 Å². The van der Waals surface area contributed by atoms with Crippen LogP contribution in [0.25, 0.3) is 0 Å². The molecule has 2 saturated carbocycles. The second-order valence-corrected chi connectivity index (χ2v) is 5.54. The van der Waals surface area contributed by atoms with Crippen molar-refractivity contribution in [1.82, 2.24) is 5.32 Å². The summed E-state index contributed by atoms with van der Waals surface area (Å²) in [6, 6.07) is 0.311. The summed E-state index contributed by atoms with van der Waals surface area (Å²) in [6.07, 6.45) is 3.53. The summed E-state index contributed by atoms with van der Waals surface area (Å²) >= 11 is 0. The number of hydrogen-bond acceptors (Lipinski definition) is 4. The second kappa shape index (κ2) is 4.92. The fraction of sp³-hybridized carbons (Fsp3) is 0.917. The lowest BCUT2D eigenvalue weighted by molar-refractivity contribution is -0.144. The molecule has 0 saturated heterocycles. The van der Waals surface area contributed by atoms with Crippen molar-refractivity contribution in [3.63, 3.8) is 0 Å². The van der Waals surface area contributed by atoms with Gasteiger partial charge in [0.05, 0.1) is 17.6 Å². The normalized spacial score (nSPS) is 41.9. The zero-order valence-electron chi connectivity index (χ0n) is 9.93. The summed E-state index contributed by atoms with van der Waals surface area (Å²) in [7, 11) is 0. The predicted molar refractivity (Wildman–Crippen MR) is 61.6 cm³/mol. The largest absolute Gasteiger partial charge is 0.481 e. The van der Waals surface area contributed by atoms with E-state index in [1.807, 2.05) is 0 Å². The fourth-order valence-corrected chi connectivity index (χ4v) is 2.67. The number of rotatable bonds is 4. The first-order chi connectivity index (χ1) is 7.98. The minimum absolute atomic E-state index is 0.190. The van der Waals surface area contributed by atoms with Gasteiger partial charge in [-0.1, -0.05) is 0 Å². The molecule has 4 N–H and O–H groups in total. The maximum absolute atomic E-state index is 10.8. The maximum Gasteiger partial charge on any atom is 0.306 e. The summed E-state index contributed by atoms with van der Waals surface area (Å²) in [5, 5.41) is 31.6.